The van der Waals surface area contributed by atoms with Gasteiger partial charge in [0.2, 0.25) is 0 Å². The van der Waals surface area contributed by atoms with Gasteiger partial charge in [0.05, 0.1) is 22.9 Å². The molecular weight excluding hydrogens is 508 g/mol. The Hall–Kier alpha value is -3.77. The SMILES string of the molecule is C[C@@H](NC(=O)c1cc(C(C)(C)O)on1)c1ccc(-c2ccnc3[nH]nc(NC4CCS(=O)(=O)CC4)c23)cc1. The molecule has 1 atom stereocenters. The number of hydrogen-bond acceptors (Lipinski definition) is 9. The smallest absolute Gasteiger partial charge is 0.273 e. The average Bonchev–Trinajstić information content (AvgIpc) is 3.53. The van der Waals surface area contributed by atoms with Crippen LogP contribution in [0.2, 0.25) is 0 Å². The fraction of sp³-hybridized carbons (Fsp3) is 0.385. The maximum absolute atomic E-state index is 12.6. The summed E-state index contributed by atoms with van der Waals surface area (Å²) in [5.74, 6) is 0.804. The average molecular weight is 539 g/mol. The molecule has 4 heterocycles. The summed E-state index contributed by atoms with van der Waals surface area (Å²) in [6, 6.07) is 10.9. The molecule has 5 rings (SSSR count). The van der Waals surface area contributed by atoms with E-state index in [0.29, 0.717) is 24.3 Å². The van der Waals surface area contributed by atoms with Crippen LogP contribution in [0.4, 0.5) is 5.82 Å². The van der Waals surface area contributed by atoms with Gasteiger partial charge < -0.3 is 20.3 Å². The van der Waals surface area contributed by atoms with Crippen LogP contribution < -0.4 is 10.6 Å². The normalized spacial score (nSPS) is 16.8. The van der Waals surface area contributed by atoms with E-state index in [-0.39, 0.29) is 35.0 Å². The summed E-state index contributed by atoms with van der Waals surface area (Å²) in [6.07, 6.45) is 2.79. The number of amides is 1. The van der Waals surface area contributed by atoms with Gasteiger partial charge in [-0.1, -0.05) is 29.4 Å². The number of sulfone groups is 1. The molecule has 0 bridgehead atoms. The molecule has 3 aromatic heterocycles. The Bertz CT molecular complexity index is 1560. The molecule has 1 fully saturated rings. The predicted molar refractivity (Wildman–Crippen MR) is 142 cm³/mol. The molecule has 200 valence electrons. The Morgan fingerprint density at radius 3 is 2.55 bits per heavy atom. The van der Waals surface area contributed by atoms with E-state index in [1.807, 2.05) is 37.3 Å². The third kappa shape index (κ3) is 5.41. The third-order valence-electron chi connectivity index (χ3n) is 6.77. The molecule has 0 radical (unpaired) electrons. The molecule has 1 aromatic carbocycles. The minimum Gasteiger partial charge on any atom is -0.382 e. The van der Waals surface area contributed by atoms with E-state index in [2.05, 4.69) is 31.0 Å². The largest absolute Gasteiger partial charge is 0.382 e. The summed E-state index contributed by atoms with van der Waals surface area (Å²) in [4.78, 5) is 17.0. The van der Waals surface area contributed by atoms with Gasteiger partial charge in [0.15, 0.2) is 22.9 Å². The fourth-order valence-electron chi connectivity index (χ4n) is 4.50. The van der Waals surface area contributed by atoms with Crippen molar-refractivity contribution in [3.05, 3.63) is 59.6 Å². The molecule has 12 heteroatoms. The number of aromatic nitrogens is 4. The summed E-state index contributed by atoms with van der Waals surface area (Å²) in [5, 5.41) is 28.3. The van der Waals surface area contributed by atoms with Gasteiger partial charge >= 0.3 is 0 Å². The summed E-state index contributed by atoms with van der Waals surface area (Å²) >= 11 is 0. The Morgan fingerprint density at radius 2 is 1.89 bits per heavy atom. The molecule has 0 aliphatic carbocycles. The van der Waals surface area contributed by atoms with Gasteiger partial charge in [-0.3, -0.25) is 9.89 Å². The lowest BCUT2D eigenvalue weighted by atomic mass is 9.99. The van der Waals surface area contributed by atoms with Crippen LogP contribution in [0.5, 0.6) is 0 Å². The van der Waals surface area contributed by atoms with Crippen molar-refractivity contribution in [2.75, 3.05) is 16.8 Å². The van der Waals surface area contributed by atoms with E-state index >= 15 is 0 Å². The zero-order valence-corrected chi connectivity index (χ0v) is 22.2. The summed E-state index contributed by atoms with van der Waals surface area (Å²) in [7, 11) is -2.95. The standard InChI is InChI=1S/C26H30N6O5S/c1-15(28-25(33)20-14-21(37-32-20)26(2,3)34)16-4-6-17(7-5-16)19-8-11-27-23-22(19)24(31-30-23)29-18-9-12-38(35,36)13-10-18/h4-8,11,14-15,18,34H,9-10,12-13H2,1-3H3,(H,28,33)(H2,27,29,30,31)/t15-/m1/s1. The van der Waals surface area contributed by atoms with Crippen molar-refractivity contribution in [2.45, 2.75) is 51.3 Å². The van der Waals surface area contributed by atoms with Crippen molar-refractivity contribution >= 4 is 32.6 Å². The molecule has 4 N–H and O–H groups in total. The fourth-order valence-corrected chi connectivity index (χ4v) is 5.99. The number of nitrogens with zero attached hydrogens (tertiary/aromatic N) is 3. The minimum atomic E-state index is -2.95. The topological polar surface area (TPSA) is 163 Å². The van der Waals surface area contributed by atoms with Gasteiger partial charge in [0, 0.05) is 18.3 Å². The van der Waals surface area contributed by atoms with Crippen LogP contribution in [0.25, 0.3) is 22.2 Å². The number of anilines is 1. The van der Waals surface area contributed by atoms with Crippen LogP contribution in [-0.2, 0) is 15.4 Å². The van der Waals surface area contributed by atoms with Crippen molar-refractivity contribution in [1.82, 2.24) is 25.7 Å². The van der Waals surface area contributed by atoms with E-state index < -0.39 is 21.3 Å². The predicted octanol–water partition coefficient (Wildman–Crippen LogP) is 3.32. The second-order valence-corrected chi connectivity index (χ2v) is 12.5. The van der Waals surface area contributed by atoms with E-state index in [0.717, 1.165) is 22.1 Å². The Labute approximate surface area is 219 Å². The molecule has 1 aliphatic rings. The van der Waals surface area contributed by atoms with Gasteiger partial charge in [-0.2, -0.15) is 5.10 Å². The molecule has 4 aromatic rings. The van der Waals surface area contributed by atoms with Crippen LogP contribution in [0.3, 0.4) is 0 Å². The molecule has 0 saturated carbocycles. The number of benzene rings is 1. The molecule has 38 heavy (non-hydrogen) atoms. The number of nitrogens with one attached hydrogen (secondary N) is 3. The Morgan fingerprint density at radius 1 is 1.18 bits per heavy atom. The number of H-pyrrole nitrogens is 1. The molecule has 1 aliphatic heterocycles. The molecule has 0 spiro atoms. The third-order valence-corrected chi connectivity index (χ3v) is 8.49. The Balaban J connectivity index is 1.32. The second-order valence-electron chi connectivity index (χ2n) is 10.2. The van der Waals surface area contributed by atoms with E-state index in [1.165, 1.54) is 6.07 Å². The maximum atomic E-state index is 12.6. The summed E-state index contributed by atoms with van der Waals surface area (Å²) in [5.41, 5.74) is 2.28. The minimum absolute atomic E-state index is 0.0224. The lowest BCUT2D eigenvalue weighted by Gasteiger charge is -2.23. The van der Waals surface area contributed by atoms with Crippen molar-refractivity contribution in [3.63, 3.8) is 0 Å². The lowest BCUT2D eigenvalue weighted by Crippen LogP contribution is -2.32. The van der Waals surface area contributed by atoms with Crippen LogP contribution in [0.15, 0.2) is 47.1 Å². The molecule has 1 amide bonds. The van der Waals surface area contributed by atoms with E-state index in [1.54, 1.807) is 20.0 Å². The van der Waals surface area contributed by atoms with Crippen molar-refractivity contribution in [2.24, 2.45) is 0 Å². The quantitative estimate of drug-likeness (QED) is 0.276. The number of carbonyl (C=O) groups is 1. The number of aromatic amines is 1. The monoisotopic (exact) mass is 538 g/mol. The summed E-state index contributed by atoms with van der Waals surface area (Å²) < 4.78 is 28.7. The van der Waals surface area contributed by atoms with Crippen LogP contribution in [0.1, 0.15) is 61.5 Å². The molecule has 11 nitrogen and oxygen atoms in total. The molecule has 1 saturated heterocycles. The van der Waals surface area contributed by atoms with Gasteiger partial charge in [-0.15, -0.1) is 0 Å². The zero-order valence-electron chi connectivity index (χ0n) is 21.4. The number of pyridine rings is 1. The van der Waals surface area contributed by atoms with Crippen LogP contribution in [0, 0.1) is 0 Å². The van der Waals surface area contributed by atoms with Gasteiger partial charge in [-0.25, -0.2) is 13.4 Å². The second kappa shape index (κ2) is 9.84. The lowest BCUT2D eigenvalue weighted by molar-refractivity contribution is 0.0474. The molecular formula is C26H30N6O5S. The number of hydrogen-bond donors (Lipinski definition) is 4. The highest BCUT2D eigenvalue weighted by Crippen LogP contribution is 2.33. The van der Waals surface area contributed by atoms with Crippen molar-refractivity contribution < 1.29 is 22.8 Å². The van der Waals surface area contributed by atoms with E-state index in [9.17, 15) is 18.3 Å². The number of fused-ring (bicyclic) bond motifs is 1. The van der Waals surface area contributed by atoms with Crippen molar-refractivity contribution in [1.29, 1.82) is 0 Å². The van der Waals surface area contributed by atoms with Gasteiger partial charge in [0.1, 0.15) is 15.4 Å². The van der Waals surface area contributed by atoms with Gasteiger partial charge in [-0.05, 0) is 56.4 Å². The summed E-state index contributed by atoms with van der Waals surface area (Å²) in [6.45, 7) is 4.99. The Kier molecular flexibility index (Phi) is 6.70. The first-order valence-corrected chi connectivity index (χ1v) is 14.2. The van der Waals surface area contributed by atoms with Crippen LogP contribution in [-0.4, -0.2) is 57.3 Å². The first kappa shape index (κ1) is 25.9. The number of rotatable bonds is 7. The van der Waals surface area contributed by atoms with E-state index in [4.69, 9.17) is 4.52 Å². The van der Waals surface area contributed by atoms with Crippen molar-refractivity contribution in [3.8, 4) is 11.1 Å². The number of aliphatic hydroxyl groups is 1. The maximum Gasteiger partial charge on any atom is 0.273 e. The number of carbonyl (C=O) groups excluding carboxylic acids is 1. The first-order chi connectivity index (χ1) is 18.0. The van der Waals surface area contributed by atoms with Crippen LogP contribution >= 0.6 is 0 Å². The molecule has 0 unspecified atom stereocenters. The zero-order chi connectivity index (χ0) is 27.1. The highest BCUT2D eigenvalue weighted by molar-refractivity contribution is 7.91. The highest BCUT2D eigenvalue weighted by atomic mass is 32.2. The first-order valence-electron chi connectivity index (χ1n) is 12.4. The van der Waals surface area contributed by atoms with Gasteiger partial charge in [0.25, 0.3) is 5.91 Å². The highest BCUT2D eigenvalue weighted by Gasteiger charge is 2.26.